The molecule has 0 aliphatic carbocycles. The van der Waals surface area contributed by atoms with Crippen LogP contribution in [0.3, 0.4) is 0 Å². The Bertz CT molecular complexity index is 567. The second kappa shape index (κ2) is 6.09. The highest BCUT2D eigenvalue weighted by Gasteiger charge is 2.27. The number of nitrogens with one attached hydrogen (secondary N) is 1. The summed E-state index contributed by atoms with van der Waals surface area (Å²) in [5.41, 5.74) is 2.51. The van der Waals surface area contributed by atoms with E-state index in [1.54, 1.807) is 4.90 Å². The van der Waals surface area contributed by atoms with E-state index < -0.39 is 5.60 Å². The van der Waals surface area contributed by atoms with Gasteiger partial charge in [0.05, 0.1) is 12.2 Å². The molecule has 4 nitrogen and oxygen atoms in total. The summed E-state index contributed by atoms with van der Waals surface area (Å²) in [6, 6.07) is 6.01. The van der Waals surface area contributed by atoms with Crippen molar-refractivity contribution in [2.45, 2.75) is 39.2 Å². The Balaban J connectivity index is 2.24. The van der Waals surface area contributed by atoms with Gasteiger partial charge in [-0.15, -0.1) is 6.42 Å². The van der Waals surface area contributed by atoms with Crippen LogP contribution in [0.15, 0.2) is 18.2 Å². The number of benzene rings is 1. The Labute approximate surface area is 126 Å². The highest BCUT2D eigenvalue weighted by atomic mass is 16.6. The van der Waals surface area contributed by atoms with Crippen LogP contribution < -0.4 is 10.2 Å². The lowest BCUT2D eigenvalue weighted by molar-refractivity contribution is 0.0578. The van der Waals surface area contributed by atoms with Gasteiger partial charge in [-0.3, -0.25) is 4.90 Å². The second-order valence-corrected chi connectivity index (χ2v) is 6.14. The van der Waals surface area contributed by atoms with Crippen LogP contribution in [0.1, 0.15) is 32.8 Å². The number of carbonyl (C=O) groups excluding carboxylic acids is 1. The lowest BCUT2D eigenvalue weighted by Crippen LogP contribution is -2.39. The van der Waals surface area contributed by atoms with E-state index >= 15 is 0 Å². The number of ether oxygens (including phenoxy) is 1. The first-order chi connectivity index (χ1) is 9.90. The van der Waals surface area contributed by atoms with E-state index in [0.29, 0.717) is 13.1 Å². The maximum absolute atomic E-state index is 12.4. The number of aryl methyl sites for hydroxylation is 1. The van der Waals surface area contributed by atoms with Gasteiger partial charge in [-0.1, -0.05) is 12.0 Å². The van der Waals surface area contributed by atoms with Crippen molar-refractivity contribution >= 4 is 17.5 Å². The lowest BCUT2D eigenvalue weighted by Gasteiger charge is -2.32. The third-order valence-electron chi connectivity index (χ3n) is 3.21. The first-order valence-corrected chi connectivity index (χ1v) is 7.21. The van der Waals surface area contributed by atoms with Crippen molar-refractivity contribution in [2.24, 2.45) is 0 Å². The summed E-state index contributed by atoms with van der Waals surface area (Å²) < 4.78 is 5.49. The van der Waals surface area contributed by atoms with Crippen molar-refractivity contribution in [1.82, 2.24) is 0 Å². The Morgan fingerprint density at radius 3 is 2.90 bits per heavy atom. The summed E-state index contributed by atoms with van der Waals surface area (Å²) >= 11 is 0. The Hall–Kier alpha value is -2.15. The molecular weight excluding hydrogens is 264 g/mol. The van der Waals surface area contributed by atoms with Gasteiger partial charge in [-0.25, -0.2) is 4.79 Å². The number of carbonyl (C=O) groups is 1. The largest absolute Gasteiger partial charge is 0.443 e. The van der Waals surface area contributed by atoms with E-state index in [4.69, 9.17) is 11.2 Å². The predicted molar refractivity (Wildman–Crippen MR) is 85.7 cm³/mol. The lowest BCUT2D eigenvalue weighted by atomic mass is 10.0. The fourth-order valence-corrected chi connectivity index (χ4v) is 2.34. The van der Waals surface area contributed by atoms with E-state index in [-0.39, 0.29) is 6.09 Å². The number of nitrogens with zero attached hydrogens (tertiary/aromatic N) is 1. The van der Waals surface area contributed by atoms with E-state index in [2.05, 4.69) is 11.2 Å². The van der Waals surface area contributed by atoms with Crippen LogP contribution in [0, 0.1) is 12.3 Å². The van der Waals surface area contributed by atoms with Crippen LogP contribution in [0.2, 0.25) is 0 Å². The van der Waals surface area contributed by atoms with Crippen molar-refractivity contribution in [3.8, 4) is 12.3 Å². The molecule has 0 spiro atoms. The molecule has 1 aromatic rings. The number of rotatable bonds is 2. The molecule has 1 amide bonds. The van der Waals surface area contributed by atoms with Crippen molar-refractivity contribution in [1.29, 1.82) is 0 Å². The zero-order valence-electron chi connectivity index (χ0n) is 12.9. The van der Waals surface area contributed by atoms with Gasteiger partial charge in [0.1, 0.15) is 5.60 Å². The number of anilines is 2. The van der Waals surface area contributed by atoms with Gasteiger partial charge < -0.3 is 10.1 Å². The quantitative estimate of drug-likeness (QED) is 0.847. The third kappa shape index (κ3) is 3.91. The molecule has 1 aliphatic rings. The number of terminal acetylenes is 1. The molecular formula is C17H22N2O2. The summed E-state index contributed by atoms with van der Waals surface area (Å²) in [4.78, 5) is 14.1. The van der Waals surface area contributed by atoms with E-state index in [1.807, 2.05) is 39.0 Å². The monoisotopic (exact) mass is 286 g/mol. The van der Waals surface area contributed by atoms with Crippen LogP contribution in [-0.2, 0) is 11.2 Å². The van der Waals surface area contributed by atoms with E-state index in [9.17, 15) is 4.79 Å². The smallest absolute Gasteiger partial charge is 0.414 e. The van der Waals surface area contributed by atoms with Gasteiger partial charge in [0, 0.05) is 12.2 Å². The molecule has 1 N–H and O–H groups in total. The molecule has 1 heterocycles. The molecule has 0 bridgehead atoms. The minimum atomic E-state index is -0.492. The van der Waals surface area contributed by atoms with Crippen LogP contribution in [0.5, 0.6) is 0 Å². The Morgan fingerprint density at radius 1 is 1.48 bits per heavy atom. The first kappa shape index (κ1) is 15.2. The molecule has 0 unspecified atom stereocenters. The minimum Gasteiger partial charge on any atom is -0.443 e. The number of hydrogen-bond acceptors (Lipinski definition) is 3. The molecule has 0 saturated carbocycles. The average molecular weight is 286 g/mol. The van der Waals surface area contributed by atoms with Crippen LogP contribution >= 0.6 is 0 Å². The van der Waals surface area contributed by atoms with Gasteiger partial charge in [-0.05, 0) is 51.3 Å². The molecule has 112 valence electrons. The van der Waals surface area contributed by atoms with Crippen molar-refractivity contribution in [3.63, 3.8) is 0 Å². The topological polar surface area (TPSA) is 41.6 Å². The second-order valence-electron chi connectivity index (χ2n) is 6.14. The molecule has 0 atom stereocenters. The normalized spacial score (nSPS) is 14.1. The van der Waals surface area contributed by atoms with Crippen molar-refractivity contribution < 1.29 is 9.53 Å². The molecule has 0 fully saturated rings. The molecule has 0 saturated heterocycles. The summed E-state index contributed by atoms with van der Waals surface area (Å²) in [6.07, 6.45) is 6.89. The zero-order chi connectivity index (χ0) is 15.5. The third-order valence-corrected chi connectivity index (χ3v) is 3.21. The van der Waals surface area contributed by atoms with Crippen molar-refractivity contribution in [2.75, 3.05) is 23.3 Å². The van der Waals surface area contributed by atoms with Gasteiger partial charge in [0.15, 0.2) is 0 Å². The molecule has 21 heavy (non-hydrogen) atoms. The zero-order valence-corrected chi connectivity index (χ0v) is 12.9. The molecule has 2 rings (SSSR count). The van der Waals surface area contributed by atoms with Crippen LogP contribution in [-0.4, -0.2) is 24.8 Å². The van der Waals surface area contributed by atoms with Gasteiger partial charge in [0.2, 0.25) is 0 Å². The van der Waals surface area contributed by atoms with E-state index in [1.165, 1.54) is 5.56 Å². The fraction of sp³-hybridized carbons (Fsp3) is 0.471. The highest BCUT2D eigenvalue weighted by molar-refractivity contribution is 5.90. The van der Waals surface area contributed by atoms with E-state index in [0.717, 1.165) is 24.2 Å². The molecule has 0 aromatic heterocycles. The summed E-state index contributed by atoms with van der Waals surface area (Å²) in [6.45, 7) is 6.77. The minimum absolute atomic E-state index is 0.294. The Morgan fingerprint density at radius 2 is 2.24 bits per heavy atom. The predicted octanol–water partition coefficient (Wildman–Crippen LogP) is 3.42. The number of hydrogen-bond donors (Lipinski definition) is 1. The molecule has 1 aliphatic heterocycles. The highest BCUT2D eigenvalue weighted by Crippen LogP contribution is 2.31. The van der Waals surface area contributed by atoms with Crippen molar-refractivity contribution in [3.05, 3.63) is 23.8 Å². The number of fused-ring (bicyclic) bond motifs is 1. The van der Waals surface area contributed by atoms with Gasteiger partial charge >= 0.3 is 6.09 Å². The molecule has 0 radical (unpaired) electrons. The maximum atomic E-state index is 12.4. The summed E-state index contributed by atoms with van der Waals surface area (Å²) in [5.74, 6) is 2.54. The standard InChI is InChI=1S/C17H22N2O2/c1-5-10-18-14-9-8-13-7-6-11-19(15(13)12-14)16(20)21-17(2,3)4/h1,8-9,12,18H,6-7,10-11H2,2-4H3. The molecule has 4 heteroatoms. The van der Waals surface area contributed by atoms with Crippen LogP contribution in [0.25, 0.3) is 0 Å². The number of amides is 1. The maximum Gasteiger partial charge on any atom is 0.414 e. The first-order valence-electron chi connectivity index (χ1n) is 7.21. The fourth-order valence-electron chi connectivity index (χ4n) is 2.34. The van der Waals surface area contributed by atoms with Gasteiger partial charge in [0.25, 0.3) is 0 Å². The molecule has 1 aromatic carbocycles. The summed E-state index contributed by atoms with van der Waals surface area (Å²) in [7, 11) is 0. The SMILES string of the molecule is C#CCNc1ccc2c(c1)N(C(=O)OC(C)(C)C)CCC2. The Kier molecular flexibility index (Phi) is 4.42. The van der Waals surface area contributed by atoms with Crippen LogP contribution in [0.4, 0.5) is 16.2 Å². The average Bonchev–Trinajstić information content (AvgIpc) is 2.42. The summed E-state index contributed by atoms with van der Waals surface area (Å²) in [5, 5.41) is 3.14. The van der Waals surface area contributed by atoms with Gasteiger partial charge in [-0.2, -0.15) is 0 Å².